The van der Waals surface area contributed by atoms with Crippen LogP contribution in [0.1, 0.15) is 71.3 Å². The number of aromatic nitrogens is 4. The standard InChI is InChI=1S/C29H39F2N7O3/c1-5-8-33-28(40)21-10-19(4)11-22(15-21)29(41)37(9-6-2)25(14-20-12-23(30)16-24(31)13-20)26(39)17-32-18-27-34-36-38(7-3)35-27/h10-13,15-16,25-26,32,39H,5-9,14,17-18H2,1-4H3,(H,33,40)/t25-,26+/m0/s1. The highest BCUT2D eigenvalue weighted by atomic mass is 19.1. The minimum Gasteiger partial charge on any atom is -0.390 e. The zero-order valence-electron chi connectivity index (χ0n) is 24.0. The Kier molecular flexibility index (Phi) is 11.8. The van der Waals surface area contributed by atoms with Gasteiger partial charge in [-0.05, 0) is 79.8 Å². The number of nitrogens with one attached hydrogen (secondary N) is 2. The van der Waals surface area contributed by atoms with E-state index in [1.165, 1.54) is 27.9 Å². The summed E-state index contributed by atoms with van der Waals surface area (Å²) in [6, 6.07) is 7.26. The predicted octanol–water partition coefficient (Wildman–Crippen LogP) is 3.03. The Bertz CT molecular complexity index is 1300. The third-order valence-corrected chi connectivity index (χ3v) is 6.47. The summed E-state index contributed by atoms with van der Waals surface area (Å²) in [6.45, 7) is 9.16. The molecule has 3 aromatic rings. The van der Waals surface area contributed by atoms with Crippen LogP contribution in [-0.4, -0.2) is 73.8 Å². The van der Waals surface area contributed by atoms with E-state index < -0.39 is 29.7 Å². The molecule has 0 saturated heterocycles. The number of rotatable bonds is 15. The molecule has 12 heteroatoms. The molecule has 2 aromatic carbocycles. The summed E-state index contributed by atoms with van der Waals surface area (Å²) in [5.74, 6) is -1.72. The molecule has 222 valence electrons. The molecule has 0 fully saturated rings. The highest BCUT2D eigenvalue weighted by Crippen LogP contribution is 2.20. The van der Waals surface area contributed by atoms with E-state index in [-0.39, 0.29) is 37.5 Å². The van der Waals surface area contributed by atoms with E-state index in [9.17, 15) is 23.5 Å². The molecule has 0 aliphatic carbocycles. The molecule has 2 atom stereocenters. The van der Waals surface area contributed by atoms with Crippen LogP contribution in [0, 0.1) is 18.6 Å². The molecule has 1 aromatic heterocycles. The Labute approximate surface area is 239 Å². The molecular formula is C29H39F2N7O3. The van der Waals surface area contributed by atoms with Gasteiger partial charge >= 0.3 is 0 Å². The Hall–Kier alpha value is -3.77. The van der Waals surface area contributed by atoms with Gasteiger partial charge in [0, 0.05) is 36.8 Å². The molecule has 0 bridgehead atoms. The van der Waals surface area contributed by atoms with E-state index in [2.05, 4.69) is 26.0 Å². The zero-order chi connectivity index (χ0) is 29.9. The SMILES string of the molecule is CCCNC(=O)c1cc(C)cc(C(=O)N(CCC)[C@@H](Cc2cc(F)cc(F)c2)[C@H](O)CNCc2nnn(CC)n2)c1. The van der Waals surface area contributed by atoms with Crippen LogP contribution in [0.2, 0.25) is 0 Å². The maximum absolute atomic E-state index is 14.1. The minimum absolute atomic E-state index is 0.00317. The second-order valence-corrected chi connectivity index (χ2v) is 9.98. The first-order valence-electron chi connectivity index (χ1n) is 14.0. The van der Waals surface area contributed by atoms with Crippen molar-refractivity contribution >= 4 is 11.8 Å². The van der Waals surface area contributed by atoms with Crippen molar-refractivity contribution in [1.29, 1.82) is 0 Å². The van der Waals surface area contributed by atoms with Crippen molar-refractivity contribution in [3.8, 4) is 0 Å². The first-order chi connectivity index (χ1) is 19.6. The second kappa shape index (κ2) is 15.3. The third kappa shape index (κ3) is 9.12. The zero-order valence-corrected chi connectivity index (χ0v) is 24.0. The van der Waals surface area contributed by atoms with Crippen LogP contribution < -0.4 is 10.6 Å². The van der Waals surface area contributed by atoms with Crippen LogP contribution in [0.5, 0.6) is 0 Å². The summed E-state index contributed by atoms with van der Waals surface area (Å²) in [6.07, 6.45) is 0.229. The number of carbonyl (C=O) groups excluding carboxylic acids is 2. The first-order valence-corrected chi connectivity index (χ1v) is 14.0. The van der Waals surface area contributed by atoms with Gasteiger partial charge < -0.3 is 20.6 Å². The lowest BCUT2D eigenvalue weighted by Gasteiger charge is -2.35. The van der Waals surface area contributed by atoms with Gasteiger partial charge in [0.25, 0.3) is 11.8 Å². The van der Waals surface area contributed by atoms with E-state index in [4.69, 9.17) is 0 Å². The van der Waals surface area contributed by atoms with Crippen molar-refractivity contribution in [2.45, 2.75) is 72.2 Å². The summed E-state index contributed by atoms with van der Waals surface area (Å²) >= 11 is 0. The van der Waals surface area contributed by atoms with Crippen LogP contribution in [-0.2, 0) is 19.5 Å². The number of aliphatic hydroxyl groups is 1. The number of tetrazole rings is 1. The summed E-state index contributed by atoms with van der Waals surface area (Å²) in [4.78, 5) is 29.6. The molecule has 0 spiro atoms. The summed E-state index contributed by atoms with van der Waals surface area (Å²) in [7, 11) is 0. The normalized spacial score (nSPS) is 12.7. The lowest BCUT2D eigenvalue weighted by Crippen LogP contribution is -2.51. The third-order valence-electron chi connectivity index (χ3n) is 6.47. The molecule has 3 rings (SSSR count). The molecule has 2 amide bonds. The second-order valence-electron chi connectivity index (χ2n) is 9.98. The predicted molar refractivity (Wildman–Crippen MR) is 150 cm³/mol. The lowest BCUT2D eigenvalue weighted by molar-refractivity contribution is 0.0353. The highest BCUT2D eigenvalue weighted by molar-refractivity contribution is 6.00. The van der Waals surface area contributed by atoms with E-state index in [1.807, 2.05) is 20.8 Å². The number of carbonyl (C=O) groups is 2. The number of halogens is 2. The maximum Gasteiger partial charge on any atom is 0.254 e. The molecule has 0 saturated carbocycles. The van der Waals surface area contributed by atoms with Crippen LogP contribution in [0.25, 0.3) is 0 Å². The largest absolute Gasteiger partial charge is 0.390 e. The topological polar surface area (TPSA) is 125 Å². The highest BCUT2D eigenvalue weighted by Gasteiger charge is 2.31. The number of aliphatic hydroxyl groups excluding tert-OH is 1. The molecule has 10 nitrogen and oxygen atoms in total. The van der Waals surface area contributed by atoms with E-state index in [0.717, 1.165) is 18.1 Å². The van der Waals surface area contributed by atoms with Crippen molar-refractivity contribution in [2.24, 2.45) is 0 Å². The monoisotopic (exact) mass is 571 g/mol. The van der Waals surface area contributed by atoms with Gasteiger partial charge in [0.1, 0.15) is 11.6 Å². The number of nitrogens with zero attached hydrogens (tertiary/aromatic N) is 5. The Morgan fingerprint density at radius 1 is 1.02 bits per heavy atom. The van der Waals surface area contributed by atoms with Crippen molar-refractivity contribution in [3.05, 3.63) is 76.1 Å². The molecule has 1 heterocycles. The molecular weight excluding hydrogens is 532 g/mol. The molecule has 0 aliphatic heterocycles. The van der Waals surface area contributed by atoms with E-state index in [1.54, 1.807) is 19.1 Å². The van der Waals surface area contributed by atoms with Crippen molar-refractivity contribution in [2.75, 3.05) is 19.6 Å². The Morgan fingerprint density at radius 2 is 1.73 bits per heavy atom. The fraction of sp³-hybridized carbons (Fsp3) is 0.483. The Balaban J connectivity index is 1.91. The van der Waals surface area contributed by atoms with Crippen molar-refractivity contribution in [1.82, 2.24) is 35.7 Å². The number of benzene rings is 2. The summed E-state index contributed by atoms with van der Waals surface area (Å²) < 4.78 is 28.1. The number of hydrogen-bond acceptors (Lipinski definition) is 7. The fourth-order valence-corrected chi connectivity index (χ4v) is 4.58. The summed E-state index contributed by atoms with van der Waals surface area (Å²) in [5, 5.41) is 29.3. The number of aryl methyl sites for hydroxylation is 2. The number of amides is 2. The lowest BCUT2D eigenvalue weighted by atomic mass is 9.97. The van der Waals surface area contributed by atoms with Gasteiger partial charge in [0.05, 0.1) is 25.2 Å². The van der Waals surface area contributed by atoms with Gasteiger partial charge in [0.2, 0.25) is 0 Å². The molecule has 0 aliphatic rings. The number of hydrogen-bond donors (Lipinski definition) is 3. The minimum atomic E-state index is -1.12. The molecule has 0 unspecified atom stereocenters. The van der Waals surface area contributed by atoms with Crippen LogP contribution in [0.4, 0.5) is 8.78 Å². The van der Waals surface area contributed by atoms with Gasteiger partial charge in [-0.3, -0.25) is 9.59 Å². The van der Waals surface area contributed by atoms with Gasteiger partial charge in [-0.2, -0.15) is 4.80 Å². The maximum atomic E-state index is 14.1. The average molecular weight is 572 g/mol. The van der Waals surface area contributed by atoms with E-state index in [0.29, 0.717) is 36.5 Å². The summed E-state index contributed by atoms with van der Waals surface area (Å²) in [5.41, 5.74) is 1.68. The Morgan fingerprint density at radius 3 is 2.37 bits per heavy atom. The van der Waals surface area contributed by atoms with Crippen LogP contribution in [0.3, 0.4) is 0 Å². The van der Waals surface area contributed by atoms with Crippen LogP contribution >= 0.6 is 0 Å². The van der Waals surface area contributed by atoms with Gasteiger partial charge in [-0.15, -0.1) is 10.2 Å². The van der Waals surface area contributed by atoms with E-state index >= 15 is 0 Å². The average Bonchev–Trinajstić information content (AvgIpc) is 3.40. The quantitative estimate of drug-likeness (QED) is 0.256. The first kappa shape index (κ1) is 31.8. The van der Waals surface area contributed by atoms with Gasteiger partial charge in [-0.1, -0.05) is 13.8 Å². The fourth-order valence-electron chi connectivity index (χ4n) is 4.58. The van der Waals surface area contributed by atoms with Crippen molar-refractivity contribution < 1.29 is 23.5 Å². The van der Waals surface area contributed by atoms with Gasteiger partial charge in [0.15, 0.2) is 5.82 Å². The molecule has 3 N–H and O–H groups in total. The van der Waals surface area contributed by atoms with Gasteiger partial charge in [-0.25, -0.2) is 8.78 Å². The molecule has 0 radical (unpaired) electrons. The van der Waals surface area contributed by atoms with Crippen LogP contribution in [0.15, 0.2) is 36.4 Å². The smallest absolute Gasteiger partial charge is 0.254 e. The van der Waals surface area contributed by atoms with Crippen molar-refractivity contribution in [3.63, 3.8) is 0 Å². The molecule has 41 heavy (non-hydrogen) atoms.